The fourth-order valence-electron chi connectivity index (χ4n) is 1.66. The zero-order valence-corrected chi connectivity index (χ0v) is 10.6. The average molecular weight is 231 g/mol. The number of ether oxygens (including phenoxy) is 1. The number of carbonyl (C=O) groups excluding carboxylic acids is 1. The molecular formula is C11H21NO2S. The molecule has 1 aliphatic heterocycles. The molecule has 0 aromatic rings. The summed E-state index contributed by atoms with van der Waals surface area (Å²) in [4.78, 5) is 11.6. The first-order valence-electron chi connectivity index (χ1n) is 5.54. The van der Waals surface area contributed by atoms with Crippen LogP contribution < -0.4 is 5.32 Å². The molecule has 2 atom stereocenters. The molecule has 3 nitrogen and oxygen atoms in total. The van der Waals surface area contributed by atoms with E-state index >= 15 is 0 Å². The minimum absolute atomic E-state index is 0.00468. The van der Waals surface area contributed by atoms with Gasteiger partial charge < -0.3 is 10.1 Å². The number of hydrogen-bond acceptors (Lipinski definition) is 3. The summed E-state index contributed by atoms with van der Waals surface area (Å²) in [6, 6.07) is 0. The van der Waals surface area contributed by atoms with Crippen molar-refractivity contribution in [3.8, 4) is 0 Å². The van der Waals surface area contributed by atoms with Crippen molar-refractivity contribution in [3.63, 3.8) is 0 Å². The van der Waals surface area contributed by atoms with Gasteiger partial charge in [-0.1, -0.05) is 13.8 Å². The van der Waals surface area contributed by atoms with Crippen LogP contribution in [0.25, 0.3) is 0 Å². The van der Waals surface area contributed by atoms with Gasteiger partial charge in [0.1, 0.15) is 0 Å². The third-order valence-corrected chi connectivity index (χ3v) is 3.67. The van der Waals surface area contributed by atoms with Gasteiger partial charge in [0.15, 0.2) is 0 Å². The van der Waals surface area contributed by atoms with Gasteiger partial charge in [0.2, 0.25) is 5.91 Å². The summed E-state index contributed by atoms with van der Waals surface area (Å²) in [5.74, 6) is 0.260. The Morgan fingerprint density at radius 3 is 2.73 bits per heavy atom. The van der Waals surface area contributed by atoms with Gasteiger partial charge in [0.25, 0.3) is 0 Å². The van der Waals surface area contributed by atoms with Gasteiger partial charge in [0, 0.05) is 13.2 Å². The molecule has 1 amide bonds. The maximum absolute atomic E-state index is 11.6. The Morgan fingerprint density at radius 1 is 1.60 bits per heavy atom. The molecule has 1 fully saturated rings. The highest BCUT2D eigenvalue weighted by molar-refractivity contribution is 7.81. The number of thiol groups is 1. The molecule has 1 N–H and O–H groups in total. The van der Waals surface area contributed by atoms with Gasteiger partial charge in [-0.25, -0.2) is 0 Å². The van der Waals surface area contributed by atoms with E-state index < -0.39 is 0 Å². The lowest BCUT2D eigenvalue weighted by Crippen LogP contribution is -2.43. The van der Waals surface area contributed by atoms with Gasteiger partial charge in [-0.3, -0.25) is 4.79 Å². The van der Waals surface area contributed by atoms with Crippen LogP contribution in [0.15, 0.2) is 0 Å². The molecule has 0 radical (unpaired) electrons. The fraction of sp³-hybridized carbons (Fsp3) is 0.909. The lowest BCUT2D eigenvalue weighted by molar-refractivity contribution is -0.122. The van der Waals surface area contributed by atoms with E-state index in [9.17, 15) is 4.79 Å². The highest BCUT2D eigenvalue weighted by Crippen LogP contribution is 2.24. The van der Waals surface area contributed by atoms with Crippen LogP contribution in [0.3, 0.4) is 0 Å². The summed E-state index contributed by atoms with van der Waals surface area (Å²) < 4.78 is 5.59. The maximum Gasteiger partial charge on any atom is 0.233 e. The smallest absolute Gasteiger partial charge is 0.233 e. The molecule has 0 aliphatic carbocycles. The summed E-state index contributed by atoms with van der Waals surface area (Å²) in [6.07, 6.45) is 2.10. The number of rotatable bonds is 4. The molecule has 0 spiro atoms. The summed E-state index contributed by atoms with van der Waals surface area (Å²) in [5.41, 5.74) is -0.167. The van der Waals surface area contributed by atoms with E-state index in [4.69, 9.17) is 4.74 Å². The molecule has 1 saturated heterocycles. The maximum atomic E-state index is 11.6. The fourth-order valence-corrected chi connectivity index (χ4v) is 1.75. The Bertz CT molecular complexity index is 225. The Balaban J connectivity index is 2.33. The minimum atomic E-state index is -0.227. The number of amides is 1. The molecule has 15 heavy (non-hydrogen) atoms. The zero-order chi connectivity index (χ0) is 11.5. The van der Waals surface area contributed by atoms with Crippen LogP contribution in [0.4, 0.5) is 0 Å². The zero-order valence-electron chi connectivity index (χ0n) is 9.75. The highest BCUT2D eigenvalue weighted by atomic mass is 32.1. The van der Waals surface area contributed by atoms with Crippen LogP contribution in [0.1, 0.15) is 33.6 Å². The Morgan fingerprint density at radius 2 is 2.27 bits per heavy atom. The van der Waals surface area contributed by atoms with Gasteiger partial charge in [-0.15, -0.1) is 0 Å². The third-order valence-electron chi connectivity index (χ3n) is 2.84. The molecule has 1 aliphatic rings. The van der Waals surface area contributed by atoms with E-state index in [0.717, 1.165) is 19.4 Å². The van der Waals surface area contributed by atoms with Crippen molar-refractivity contribution < 1.29 is 9.53 Å². The predicted molar refractivity (Wildman–Crippen MR) is 64.2 cm³/mol. The Labute approximate surface area is 97.4 Å². The van der Waals surface area contributed by atoms with Gasteiger partial charge in [0.05, 0.1) is 10.9 Å². The quantitative estimate of drug-likeness (QED) is 0.722. The van der Waals surface area contributed by atoms with Crippen molar-refractivity contribution in [2.24, 2.45) is 5.92 Å². The topological polar surface area (TPSA) is 38.3 Å². The largest absolute Gasteiger partial charge is 0.373 e. The van der Waals surface area contributed by atoms with E-state index in [2.05, 4.69) is 17.9 Å². The van der Waals surface area contributed by atoms with Crippen LogP contribution in [0.2, 0.25) is 0 Å². The van der Waals surface area contributed by atoms with Crippen LogP contribution in [0, 0.1) is 5.92 Å². The molecule has 2 unspecified atom stereocenters. The molecule has 4 heteroatoms. The van der Waals surface area contributed by atoms with E-state index in [1.807, 2.05) is 20.8 Å². The van der Waals surface area contributed by atoms with E-state index in [-0.39, 0.29) is 22.7 Å². The lowest BCUT2D eigenvalue weighted by Gasteiger charge is -2.24. The van der Waals surface area contributed by atoms with Gasteiger partial charge in [-0.05, 0) is 25.7 Å². The number of carbonyl (C=O) groups is 1. The summed E-state index contributed by atoms with van der Waals surface area (Å²) in [7, 11) is 0. The van der Waals surface area contributed by atoms with E-state index in [0.29, 0.717) is 6.54 Å². The predicted octanol–water partition coefficient (Wildman–Crippen LogP) is 1.63. The van der Waals surface area contributed by atoms with E-state index in [1.165, 1.54) is 0 Å². The molecule has 0 aromatic carbocycles. The van der Waals surface area contributed by atoms with Gasteiger partial charge >= 0.3 is 0 Å². The molecule has 0 bridgehead atoms. The average Bonchev–Trinajstić information content (AvgIpc) is 2.61. The molecule has 88 valence electrons. The second kappa shape index (κ2) is 5.21. The highest BCUT2D eigenvalue weighted by Gasteiger charge is 2.30. The first-order valence-corrected chi connectivity index (χ1v) is 6.06. The second-order valence-electron chi connectivity index (χ2n) is 4.81. The summed E-state index contributed by atoms with van der Waals surface area (Å²) >= 11 is 4.27. The Kier molecular flexibility index (Phi) is 4.46. The van der Waals surface area contributed by atoms with Crippen LogP contribution >= 0.6 is 12.6 Å². The molecular weight excluding hydrogens is 210 g/mol. The van der Waals surface area contributed by atoms with Crippen LogP contribution in [-0.2, 0) is 9.53 Å². The third kappa shape index (κ3) is 3.68. The first kappa shape index (κ1) is 12.8. The van der Waals surface area contributed by atoms with Crippen molar-refractivity contribution in [2.45, 2.75) is 44.5 Å². The van der Waals surface area contributed by atoms with Crippen molar-refractivity contribution >= 4 is 18.5 Å². The standard InChI is InChI=1S/C11H21NO2S/c1-8(2)9(15)10(13)12-7-11(3)5-4-6-14-11/h8-9,15H,4-7H2,1-3H3,(H,12,13). The summed E-state index contributed by atoms with van der Waals surface area (Å²) in [6.45, 7) is 7.43. The number of hydrogen-bond donors (Lipinski definition) is 2. The van der Waals surface area contributed by atoms with Gasteiger partial charge in [-0.2, -0.15) is 12.6 Å². The Hall–Kier alpha value is -0.220. The normalized spacial score (nSPS) is 28.1. The van der Waals surface area contributed by atoms with Crippen molar-refractivity contribution in [1.29, 1.82) is 0 Å². The minimum Gasteiger partial charge on any atom is -0.373 e. The SMILES string of the molecule is CC(C)C(S)C(=O)NCC1(C)CCCO1. The van der Waals surface area contributed by atoms with Crippen LogP contribution in [0.5, 0.6) is 0 Å². The number of nitrogens with one attached hydrogen (secondary N) is 1. The molecule has 0 saturated carbocycles. The van der Waals surface area contributed by atoms with E-state index in [1.54, 1.807) is 0 Å². The van der Waals surface area contributed by atoms with Crippen molar-refractivity contribution in [3.05, 3.63) is 0 Å². The monoisotopic (exact) mass is 231 g/mol. The molecule has 1 heterocycles. The van der Waals surface area contributed by atoms with Crippen LogP contribution in [-0.4, -0.2) is 29.9 Å². The molecule has 1 rings (SSSR count). The van der Waals surface area contributed by atoms with Crippen molar-refractivity contribution in [1.82, 2.24) is 5.32 Å². The summed E-state index contributed by atoms with van der Waals surface area (Å²) in [5, 5.41) is 2.68. The first-order chi connectivity index (χ1) is 6.94. The molecule has 0 aromatic heterocycles. The van der Waals surface area contributed by atoms with Crippen molar-refractivity contribution in [2.75, 3.05) is 13.2 Å². The second-order valence-corrected chi connectivity index (χ2v) is 5.36. The lowest BCUT2D eigenvalue weighted by atomic mass is 10.0.